The van der Waals surface area contributed by atoms with Crippen LogP contribution in [0.5, 0.6) is 0 Å². The lowest BCUT2D eigenvalue weighted by atomic mass is 9.99. The Labute approximate surface area is 543 Å². The predicted molar refractivity (Wildman–Crippen MR) is 358 cm³/mol. The van der Waals surface area contributed by atoms with Crippen molar-refractivity contribution in [1.82, 2.24) is 0 Å². The molecule has 0 aliphatic carbocycles. The highest BCUT2D eigenvalue weighted by atomic mass is 31.2. The summed E-state index contributed by atoms with van der Waals surface area (Å²) in [6.07, 6.45) is 41.7. The van der Waals surface area contributed by atoms with Crippen molar-refractivity contribution >= 4 is 39.5 Å². The van der Waals surface area contributed by atoms with Crippen molar-refractivity contribution in [2.24, 2.45) is 23.7 Å². The van der Waals surface area contributed by atoms with Crippen LogP contribution in [0.3, 0.4) is 0 Å². The minimum absolute atomic E-state index is 0.103. The van der Waals surface area contributed by atoms with Gasteiger partial charge < -0.3 is 33.8 Å². The molecule has 0 amide bonds. The second-order valence-electron chi connectivity index (χ2n) is 26.7. The molecule has 0 aliphatic rings. The fourth-order valence-corrected chi connectivity index (χ4v) is 12.0. The number of carbonyl (C=O) groups is 4. The minimum atomic E-state index is -4.95. The molecule has 19 heteroatoms. The molecule has 0 aromatic carbocycles. The Kier molecular flexibility index (Phi) is 58.5. The van der Waals surface area contributed by atoms with Crippen LogP contribution in [0.25, 0.3) is 0 Å². The zero-order valence-electron chi connectivity index (χ0n) is 58.1. The molecule has 0 saturated carbocycles. The average Bonchev–Trinajstić information content (AvgIpc) is 3.53. The molecule has 0 aromatic heterocycles. The highest BCUT2D eigenvalue weighted by Crippen LogP contribution is 2.45. The molecule has 0 rings (SSSR count). The molecular formula is C70H136O17P2. The molecule has 4 unspecified atom stereocenters. The molecule has 528 valence electrons. The van der Waals surface area contributed by atoms with Crippen LogP contribution in [0.1, 0.15) is 344 Å². The van der Waals surface area contributed by atoms with Gasteiger partial charge in [-0.3, -0.25) is 37.3 Å². The molecule has 0 radical (unpaired) electrons. The van der Waals surface area contributed by atoms with E-state index in [1.54, 1.807) is 0 Å². The zero-order valence-corrected chi connectivity index (χ0v) is 59.8. The summed E-state index contributed by atoms with van der Waals surface area (Å²) in [5.74, 6) is 0.892. The molecule has 0 aromatic rings. The Hall–Kier alpha value is -1.94. The van der Waals surface area contributed by atoms with E-state index in [-0.39, 0.29) is 25.7 Å². The normalized spacial score (nSPS) is 14.9. The standard InChI is InChI=1S/C70H136O17P2/c1-9-62(7)48-40-32-23-17-14-15-18-25-34-42-50-67(72)80-56-65(86-69(74)52-44-36-26-19-13-11-12-16-22-30-38-46-60(3)4)58-84-88(76,77)82-54-64(71)55-83-89(78,79)85-59-66(57-81-68(73)51-43-35-29-28-31-39-47-61(5)6)87-70(75)53-45-37-27-21-20-24-33-41-49-63(8)10-2/h60-66,71H,9-59H2,1-8H3,(H,76,77)(H,78,79)/t62?,63?,64-,65-,66-/m1/s1. The molecule has 17 nitrogen and oxygen atoms in total. The van der Waals surface area contributed by atoms with E-state index in [1.807, 2.05) is 0 Å². The molecule has 0 heterocycles. The van der Waals surface area contributed by atoms with Crippen molar-refractivity contribution in [2.45, 2.75) is 363 Å². The van der Waals surface area contributed by atoms with Gasteiger partial charge in [0.1, 0.15) is 19.3 Å². The molecule has 89 heavy (non-hydrogen) atoms. The summed E-state index contributed by atoms with van der Waals surface area (Å²) in [4.78, 5) is 72.5. The quantitative estimate of drug-likeness (QED) is 0.0222. The number of carbonyl (C=O) groups excluding carboxylic acids is 4. The van der Waals surface area contributed by atoms with E-state index in [0.29, 0.717) is 31.6 Å². The second-order valence-corrected chi connectivity index (χ2v) is 29.6. The largest absolute Gasteiger partial charge is 0.472 e. The zero-order chi connectivity index (χ0) is 66.1. The maximum atomic E-state index is 13.0. The summed E-state index contributed by atoms with van der Waals surface area (Å²) in [6.45, 7) is 14.1. The van der Waals surface area contributed by atoms with Crippen molar-refractivity contribution in [3.8, 4) is 0 Å². The van der Waals surface area contributed by atoms with E-state index in [4.69, 9.17) is 37.0 Å². The minimum Gasteiger partial charge on any atom is -0.462 e. The van der Waals surface area contributed by atoms with Gasteiger partial charge in [0.05, 0.1) is 26.4 Å². The Morgan fingerprint density at radius 2 is 0.539 bits per heavy atom. The first-order valence-corrected chi connectivity index (χ1v) is 39.3. The summed E-state index contributed by atoms with van der Waals surface area (Å²) < 4.78 is 68.3. The van der Waals surface area contributed by atoms with Gasteiger partial charge in [-0.2, -0.15) is 0 Å². The first kappa shape index (κ1) is 87.1. The first-order chi connectivity index (χ1) is 42.7. The third kappa shape index (κ3) is 62.0. The third-order valence-corrected chi connectivity index (χ3v) is 18.7. The number of aliphatic hydroxyl groups excluding tert-OH is 1. The smallest absolute Gasteiger partial charge is 0.462 e. The van der Waals surface area contributed by atoms with Gasteiger partial charge in [-0.1, -0.05) is 293 Å². The monoisotopic (exact) mass is 1310 g/mol. The Morgan fingerprint density at radius 3 is 0.798 bits per heavy atom. The van der Waals surface area contributed by atoms with Crippen LogP contribution >= 0.6 is 15.6 Å². The number of phosphoric ester groups is 2. The van der Waals surface area contributed by atoms with E-state index in [2.05, 4.69) is 55.4 Å². The van der Waals surface area contributed by atoms with Gasteiger partial charge in [0.2, 0.25) is 0 Å². The van der Waals surface area contributed by atoms with Crippen molar-refractivity contribution < 1.29 is 80.2 Å². The van der Waals surface area contributed by atoms with Crippen molar-refractivity contribution in [3.63, 3.8) is 0 Å². The first-order valence-electron chi connectivity index (χ1n) is 36.3. The highest BCUT2D eigenvalue weighted by Gasteiger charge is 2.30. The second kappa shape index (κ2) is 59.8. The van der Waals surface area contributed by atoms with Crippen molar-refractivity contribution in [1.29, 1.82) is 0 Å². The molecule has 0 spiro atoms. The van der Waals surface area contributed by atoms with Gasteiger partial charge >= 0.3 is 39.5 Å². The molecule has 3 N–H and O–H groups in total. The average molecular weight is 1310 g/mol. The molecule has 0 saturated heterocycles. The van der Waals surface area contributed by atoms with Gasteiger partial charge in [-0.25, -0.2) is 9.13 Å². The van der Waals surface area contributed by atoms with Gasteiger partial charge in [0.25, 0.3) is 0 Å². The summed E-state index contributed by atoms with van der Waals surface area (Å²) in [5, 5.41) is 10.6. The lowest BCUT2D eigenvalue weighted by molar-refractivity contribution is -0.161. The Balaban J connectivity index is 5.26. The number of esters is 4. The third-order valence-electron chi connectivity index (χ3n) is 16.8. The summed E-state index contributed by atoms with van der Waals surface area (Å²) in [7, 11) is -9.90. The van der Waals surface area contributed by atoms with Crippen molar-refractivity contribution in [2.75, 3.05) is 39.6 Å². The lowest BCUT2D eigenvalue weighted by Gasteiger charge is -2.21. The summed E-state index contributed by atoms with van der Waals surface area (Å²) in [6, 6.07) is 0. The number of hydrogen-bond donors (Lipinski definition) is 3. The number of phosphoric acid groups is 2. The van der Waals surface area contributed by atoms with E-state index in [0.717, 1.165) is 114 Å². The van der Waals surface area contributed by atoms with Crippen LogP contribution in [-0.2, 0) is 65.4 Å². The summed E-state index contributed by atoms with van der Waals surface area (Å²) >= 11 is 0. The topological polar surface area (TPSA) is 237 Å². The molecule has 0 aliphatic heterocycles. The number of ether oxygens (including phenoxy) is 4. The van der Waals surface area contributed by atoms with Crippen LogP contribution in [0.15, 0.2) is 0 Å². The van der Waals surface area contributed by atoms with Crippen LogP contribution in [0, 0.1) is 23.7 Å². The van der Waals surface area contributed by atoms with E-state index < -0.39 is 97.5 Å². The fraction of sp³-hybridized carbons (Fsp3) is 0.943. The Bertz CT molecular complexity index is 1770. The molecule has 7 atom stereocenters. The number of hydrogen-bond acceptors (Lipinski definition) is 15. The van der Waals surface area contributed by atoms with E-state index >= 15 is 0 Å². The maximum absolute atomic E-state index is 13.0. The number of unbranched alkanes of at least 4 members (excludes halogenated alkanes) is 31. The van der Waals surface area contributed by atoms with Gasteiger partial charge in [0.15, 0.2) is 12.2 Å². The van der Waals surface area contributed by atoms with Crippen LogP contribution < -0.4 is 0 Å². The molecule has 0 fully saturated rings. The lowest BCUT2D eigenvalue weighted by Crippen LogP contribution is -2.30. The van der Waals surface area contributed by atoms with Gasteiger partial charge in [-0.15, -0.1) is 0 Å². The molecular weight excluding hydrogens is 1170 g/mol. The van der Waals surface area contributed by atoms with Crippen LogP contribution in [0.2, 0.25) is 0 Å². The maximum Gasteiger partial charge on any atom is 0.472 e. The molecule has 0 bridgehead atoms. The van der Waals surface area contributed by atoms with Gasteiger partial charge in [0, 0.05) is 25.7 Å². The number of rotatable bonds is 67. The number of aliphatic hydroxyl groups is 1. The van der Waals surface area contributed by atoms with Crippen LogP contribution in [0.4, 0.5) is 0 Å². The summed E-state index contributed by atoms with van der Waals surface area (Å²) in [5.41, 5.74) is 0. The highest BCUT2D eigenvalue weighted by molar-refractivity contribution is 7.47. The van der Waals surface area contributed by atoms with Crippen molar-refractivity contribution in [3.05, 3.63) is 0 Å². The van der Waals surface area contributed by atoms with E-state index in [1.165, 1.54) is 141 Å². The van der Waals surface area contributed by atoms with Crippen LogP contribution in [-0.4, -0.2) is 96.7 Å². The predicted octanol–water partition coefficient (Wildman–Crippen LogP) is 19.7. The Morgan fingerprint density at radius 1 is 0.315 bits per heavy atom. The van der Waals surface area contributed by atoms with Gasteiger partial charge in [-0.05, 0) is 49.4 Å². The fourth-order valence-electron chi connectivity index (χ4n) is 10.4. The van der Waals surface area contributed by atoms with E-state index in [9.17, 15) is 43.2 Å². The SMILES string of the molecule is CCC(C)CCCCCCCCCCCCC(=O)OC[C@H](COP(=O)(O)OC[C@@H](O)COP(=O)(O)OC[C@@H](COC(=O)CCCCCCCCC(C)C)OC(=O)CCCCCCCCCCC(C)CC)OC(=O)CCCCCCCCCCCCCC(C)C.